The summed E-state index contributed by atoms with van der Waals surface area (Å²) < 4.78 is 5.96. The third-order valence-electron chi connectivity index (χ3n) is 6.26. The highest BCUT2D eigenvalue weighted by molar-refractivity contribution is 5.76. The molecule has 1 fully saturated rings. The van der Waals surface area contributed by atoms with Gasteiger partial charge in [0.05, 0.1) is 24.0 Å². The lowest BCUT2D eigenvalue weighted by Crippen LogP contribution is -2.00. The van der Waals surface area contributed by atoms with Gasteiger partial charge in [-0.25, -0.2) is 0 Å². The Bertz CT molecular complexity index is 1310. The minimum Gasteiger partial charge on any atom is -0.487 e. The van der Waals surface area contributed by atoms with Crippen molar-refractivity contribution in [2.24, 2.45) is 5.92 Å². The van der Waals surface area contributed by atoms with E-state index < -0.39 is 5.97 Å². The number of hydrogen-bond acceptors (Lipinski definition) is 5. The zero-order chi connectivity index (χ0) is 23.7. The molecule has 0 bridgehead atoms. The molecule has 1 saturated carbocycles. The van der Waals surface area contributed by atoms with Crippen LogP contribution in [0.15, 0.2) is 73.3 Å². The van der Waals surface area contributed by atoms with Crippen LogP contribution in [-0.4, -0.2) is 26.0 Å². The molecular weight excluding hydrogens is 426 g/mol. The molecule has 2 heterocycles. The second-order valence-corrected chi connectivity index (χ2v) is 8.77. The normalized spacial score (nSPS) is 16.8. The number of aryl methyl sites for hydroxylation is 2. The van der Waals surface area contributed by atoms with Crippen LogP contribution in [0.3, 0.4) is 0 Å². The van der Waals surface area contributed by atoms with E-state index in [1.165, 1.54) is 16.7 Å². The summed E-state index contributed by atoms with van der Waals surface area (Å²) in [7, 11) is 0. The number of nitrogens with zero attached hydrogens (tertiary/aromatic N) is 3. The Hall–Kier alpha value is -4.06. The minimum absolute atomic E-state index is 0.0232. The molecule has 1 aliphatic carbocycles. The molecule has 34 heavy (non-hydrogen) atoms. The molecule has 170 valence electrons. The van der Waals surface area contributed by atoms with Gasteiger partial charge in [-0.05, 0) is 78.4 Å². The molecule has 4 aromatic rings. The Kier molecular flexibility index (Phi) is 5.80. The average molecular weight is 452 g/mol. The first-order chi connectivity index (χ1) is 16.5. The van der Waals surface area contributed by atoms with Crippen LogP contribution in [0.25, 0.3) is 22.4 Å². The van der Waals surface area contributed by atoms with Crippen LogP contribution in [0, 0.1) is 19.8 Å². The maximum absolute atomic E-state index is 11.1. The predicted octanol–water partition coefficient (Wildman–Crippen LogP) is 5.59. The van der Waals surface area contributed by atoms with Gasteiger partial charge < -0.3 is 9.84 Å². The molecule has 0 amide bonds. The van der Waals surface area contributed by atoms with Crippen LogP contribution in [-0.2, 0) is 11.4 Å². The van der Waals surface area contributed by atoms with Gasteiger partial charge in [0.2, 0.25) is 0 Å². The van der Waals surface area contributed by atoms with Gasteiger partial charge in [0.15, 0.2) is 0 Å². The highest BCUT2D eigenvalue weighted by atomic mass is 16.5. The summed E-state index contributed by atoms with van der Waals surface area (Å²) in [4.78, 5) is 24.1. The summed E-state index contributed by atoms with van der Waals surface area (Å²) in [6, 6.07) is 16.4. The molecule has 0 saturated heterocycles. The quantitative estimate of drug-likeness (QED) is 0.394. The first kappa shape index (κ1) is 21.8. The number of carboxylic acid groups (broad SMARTS) is 1. The Morgan fingerprint density at radius 1 is 1.00 bits per heavy atom. The summed E-state index contributed by atoms with van der Waals surface area (Å²) >= 11 is 0. The molecule has 1 aliphatic rings. The Balaban J connectivity index is 1.30. The second-order valence-electron chi connectivity index (χ2n) is 8.77. The van der Waals surface area contributed by atoms with E-state index in [1.54, 1.807) is 24.8 Å². The Labute approximate surface area is 198 Å². The molecule has 6 heteroatoms. The van der Waals surface area contributed by atoms with Gasteiger partial charge >= 0.3 is 5.97 Å². The van der Waals surface area contributed by atoms with Crippen LogP contribution in [0.1, 0.15) is 34.7 Å². The van der Waals surface area contributed by atoms with Crippen molar-refractivity contribution >= 4 is 5.97 Å². The lowest BCUT2D eigenvalue weighted by molar-refractivity contribution is -0.138. The zero-order valence-corrected chi connectivity index (χ0v) is 19.1. The van der Waals surface area contributed by atoms with Crippen LogP contribution in [0.5, 0.6) is 5.75 Å². The zero-order valence-electron chi connectivity index (χ0n) is 19.1. The van der Waals surface area contributed by atoms with Crippen molar-refractivity contribution in [2.45, 2.75) is 32.8 Å². The largest absolute Gasteiger partial charge is 0.487 e. The predicted molar refractivity (Wildman–Crippen MR) is 129 cm³/mol. The van der Waals surface area contributed by atoms with Gasteiger partial charge in [-0.15, -0.1) is 0 Å². The fourth-order valence-electron chi connectivity index (χ4n) is 4.49. The van der Waals surface area contributed by atoms with Crippen molar-refractivity contribution in [3.05, 3.63) is 95.7 Å². The smallest absolute Gasteiger partial charge is 0.307 e. The molecule has 2 atom stereocenters. The van der Waals surface area contributed by atoms with Crippen molar-refractivity contribution in [2.75, 3.05) is 0 Å². The van der Waals surface area contributed by atoms with E-state index in [1.807, 2.05) is 24.3 Å². The topological polar surface area (TPSA) is 85.2 Å². The van der Waals surface area contributed by atoms with Crippen LogP contribution in [0.2, 0.25) is 0 Å². The SMILES string of the molecule is Cc1cc(-c2cnccn2)cc(C)c1-c1cccc(COc2ccc([C@H]3C[C@@H]3C(=O)O)nc2)c1. The highest BCUT2D eigenvalue weighted by Crippen LogP contribution is 2.46. The number of benzene rings is 2. The van der Waals surface area contributed by atoms with E-state index in [-0.39, 0.29) is 11.8 Å². The maximum Gasteiger partial charge on any atom is 0.307 e. The van der Waals surface area contributed by atoms with E-state index in [9.17, 15) is 4.79 Å². The minimum atomic E-state index is -0.749. The van der Waals surface area contributed by atoms with Crippen molar-refractivity contribution in [3.63, 3.8) is 0 Å². The third-order valence-corrected chi connectivity index (χ3v) is 6.26. The summed E-state index contributed by atoms with van der Waals surface area (Å²) in [5.74, 6) is -0.359. The van der Waals surface area contributed by atoms with Crippen molar-refractivity contribution in [1.29, 1.82) is 0 Å². The van der Waals surface area contributed by atoms with Crippen molar-refractivity contribution < 1.29 is 14.6 Å². The van der Waals surface area contributed by atoms with E-state index >= 15 is 0 Å². The van der Waals surface area contributed by atoms with E-state index in [2.05, 4.69) is 53.1 Å². The second kappa shape index (κ2) is 9.06. The number of pyridine rings is 1. The van der Waals surface area contributed by atoms with Gasteiger partial charge in [-0.3, -0.25) is 19.7 Å². The summed E-state index contributed by atoms with van der Waals surface area (Å²) in [5, 5.41) is 9.10. The van der Waals surface area contributed by atoms with E-state index in [0.717, 1.165) is 28.1 Å². The standard InChI is InChI=1S/C28H25N3O3/c1-17-10-21(26-15-29-8-9-30-26)11-18(2)27(17)20-5-3-4-19(12-20)16-34-22-6-7-25(31-14-22)23-13-24(23)28(32)33/h3-12,14-15,23-24H,13,16H2,1-2H3,(H,32,33)/t23-,24-/m0/s1. The van der Waals surface area contributed by atoms with Crippen LogP contribution < -0.4 is 4.74 Å². The fourth-order valence-corrected chi connectivity index (χ4v) is 4.49. The molecule has 2 aromatic heterocycles. The first-order valence-electron chi connectivity index (χ1n) is 11.3. The molecule has 2 aromatic carbocycles. The number of carbonyl (C=O) groups is 1. The molecule has 5 rings (SSSR count). The fraction of sp³-hybridized carbons (Fsp3) is 0.214. The number of carboxylic acids is 1. The molecule has 1 N–H and O–H groups in total. The molecule has 6 nitrogen and oxygen atoms in total. The van der Waals surface area contributed by atoms with Gasteiger partial charge in [-0.1, -0.05) is 18.2 Å². The van der Waals surface area contributed by atoms with Gasteiger partial charge in [0.25, 0.3) is 0 Å². The van der Waals surface area contributed by atoms with Gasteiger partial charge in [0, 0.05) is 29.6 Å². The lowest BCUT2D eigenvalue weighted by atomic mass is 9.92. The van der Waals surface area contributed by atoms with Gasteiger partial charge in [0.1, 0.15) is 12.4 Å². The third kappa shape index (κ3) is 4.53. The average Bonchev–Trinajstić information content (AvgIpc) is 3.65. The molecular formula is C28H25N3O3. The van der Waals surface area contributed by atoms with E-state index in [0.29, 0.717) is 18.8 Å². The van der Waals surface area contributed by atoms with Gasteiger partial charge in [-0.2, -0.15) is 0 Å². The summed E-state index contributed by atoms with van der Waals surface area (Å²) in [6.45, 7) is 4.66. The van der Waals surface area contributed by atoms with E-state index in [4.69, 9.17) is 9.84 Å². The Morgan fingerprint density at radius 2 is 1.82 bits per heavy atom. The van der Waals surface area contributed by atoms with Crippen LogP contribution in [0.4, 0.5) is 0 Å². The van der Waals surface area contributed by atoms with Crippen molar-refractivity contribution in [3.8, 4) is 28.1 Å². The molecule has 0 radical (unpaired) electrons. The summed E-state index contributed by atoms with van der Waals surface area (Å²) in [5.41, 5.74) is 8.51. The molecule has 0 aliphatic heterocycles. The number of hydrogen-bond donors (Lipinski definition) is 1. The lowest BCUT2D eigenvalue weighted by Gasteiger charge is -2.14. The molecule has 0 spiro atoms. The first-order valence-corrected chi connectivity index (χ1v) is 11.3. The summed E-state index contributed by atoms with van der Waals surface area (Å²) in [6.07, 6.45) is 7.50. The number of aromatic nitrogens is 3. The van der Waals surface area contributed by atoms with Crippen molar-refractivity contribution in [1.82, 2.24) is 15.0 Å². The molecule has 0 unspecified atom stereocenters. The number of aliphatic carboxylic acids is 1. The number of rotatable bonds is 7. The maximum atomic E-state index is 11.1. The monoisotopic (exact) mass is 451 g/mol. The van der Waals surface area contributed by atoms with Crippen LogP contribution >= 0.6 is 0 Å². The highest BCUT2D eigenvalue weighted by Gasteiger charge is 2.45. The Morgan fingerprint density at radius 3 is 2.47 bits per heavy atom. The number of ether oxygens (including phenoxy) is 1.